The molecule has 1 aromatic heterocycles. The molecule has 0 radical (unpaired) electrons. The van der Waals surface area contributed by atoms with Crippen molar-refractivity contribution in [3.05, 3.63) is 65.7 Å². The van der Waals surface area contributed by atoms with E-state index in [4.69, 9.17) is 11.6 Å². The molecule has 3 aromatic rings. The first kappa shape index (κ1) is 13.6. The Morgan fingerprint density at radius 1 is 1.05 bits per heavy atom. The van der Waals surface area contributed by atoms with Crippen molar-refractivity contribution in [1.82, 2.24) is 4.98 Å². The van der Waals surface area contributed by atoms with E-state index >= 15 is 0 Å². The van der Waals surface area contributed by atoms with E-state index in [-0.39, 0.29) is 11.4 Å². The van der Waals surface area contributed by atoms with Gasteiger partial charge in [0.05, 0.1) is 22.7 Å². The van der Waals surface area contributed by atoms with Gasteiger partial charge in [0.25, 0.3) is 0 Å². The topological polar surface area (TPSA) is 50.2 Å². The van der Waals surface area contributed by atoms with Crippen molar-refractivity contribution in [3.8, 4) is 11.3 Å². The van der Waals surface area contributed by atoms with Gasteiger partial charge in [-0.15, -0.1) is 11.6 Å². The molecule has 104 valence electrons. The maximum atomic E-state index is 11.7. The van der Waals surface area contributed by atoms with Crippen molar-refractivity contribution < 1.29 is 9.90 Å². The summed E-state index contributed by atoms with van der Waals surface area (Å²) in [6, 6.07) is 16.7. The molecule has 0 bridgehead atoms. The molecule has 0 atom stereocenters. The fourth-order valence-corrected chi connectivity index (χ4v) is 2.72. The van der Waals surface area contributed by atoms with Crippen molar-refractivity contribution in [1.29, 1.82) is 0 Å². The Kier molecular flexibility index (Phi) is 3.59. The number of rotatable bonds is 3. The Morgan fingerprint density at radius 3 is 2.38 bits per heavy atom. The van der Waals surface area contributed by atoms with Crippen LogP contribution in [0.15, 0.2) is 54.6 Å². The Bertz CT molecular complexity index is 816. The lowest BCUT2D eigenvalue weighted by Gasteiger charge is -2.13. The zero-order valence-electron chi connectivity index (χ0n) is 11.1. The minimum absolute atomic E-state index is 0.101. The van der Waals surface area contributed by atoms with Gasteiger partial charge in [-0.3, -0.25) is 0 Å². The van der Waals surface area contributed by atoms with Gasteiger partial charge < -0.3 is 5.11 Å². The first-order valence-electron chi connectivity index (χ1n) is 6.48. The van der Waals surface area contributed by atoms with Crippen LogP contribution in [0.25, 0.3) is 22.2 Å². The molecule has 0 spiro atoms. The number of carbonyl (C=O) groups is 1. The maximum Gasteiger partial charge on any atom is 0.336 e. The van der Waals surface area contributed by atoms with Crippen LogP contribution in [0.4, 0.5) is 0 Å². The van der Waals surface area contributed by atoms with E-state index in [0.29, 0.717) is 22.2 Å². The van der Waals surface area contributed by atoms with Crippen LogP contribution in [0.2, 0.25) is 0 Å². The average Bonchev–Trinajstić information content (AvgIpc) is 2.53. The molecule has 1 N–H and O–H groups in total. The van der Waals surface area contributed by atoms with Crippen molar-refractivity contribution >= 4 is 28.5 Å². The van der Waals surface area contributed by atoms with Gasteiger partial charge in [0, 0.05) is 16.5 Å². The zero-order valence-corrected chi connectivity index (χ0v) is 11.8. The van der Waals surface area contributed by atoms with E-state index in [1.807, 2.05) is 42.5 Å². The molecule has 3 rings (SSSR count). The van der Waals surface area contributed by atoms with E-state index in [1.165, 1.54) is 0 Å². The predicted octanol–water partition coefficient (Wildman–Crippen LogP) is 4.34. The number of aromatic nitrogens is 1. The highest BCUT2D eigenvalue weighted by Crippen LogP contribution is 2.31. The van der Waals surface area contributed by atoms with E-state index in [9.17, 15) is 9.90 Å². The number of carboxylic acid groups (broad SMARTS) is 1. The maximum absolute atomic E-state index is 11.7. The van der Waals surface area contributed by atoms with Crippen LogP contribution in [0.1, 0.15) is 15.9 Å². The molecule has 0 aliphatic heterocycles. The van der Waals surface area contributed by atoms with Crippen molar-refractivity contribution in [2.24, 2.45) is 0 Å². The summed E-state index contributed by atoms with van der Waals surface area (Å²) in [5.41, 5.74) is 2.93. The number of hydrogen-bond donors (Lipinski definition) is 1. The minimum Gasteiger partial charge on any atom is -0.478 e. The fourth-order valence-electron chi connectivity index (χ4n) is 2.46. The lowest BCUT2D eigenvalue weighted by Crippen LogP contribution is -2.06. The second-order valence-corrected chi connectivity index (χ2v) is 4.90. The molecular weight excluding hydrogens is 286 g/mol. The smallest absolute Gasteiger partial charge is 0.336 e. The van der Waals surface area contributed by atoms with Crippen LogP contribution in [-0.4, -0.2) is 16.1 Å². The summed E-state index contributed by atoms with van der Waals surface area (Å²) < 4.78 is 0. The third kappa shape index (κ3) is 2.36. The summed E-state index contributed by atoms with van der Waals surface area (Å²) in [7, 11) is 0. The molecule has 0 aliphatic rings. The molecule has 0 saturated heterocycles. The normalized spacial score (nSPS) is 10.7. The first-order chi connectivity index (χ1) is 10.2. The number of benzene rings is 2. The SMILES string of the molecule is O=C(O)c1c(CCl)c(-c2ccccc2)nc2ccccc12. The number of nitrogens with zero attached hydrogens (tertiary/aromatic N) is 1. The lowest BCUT2D eigenvalue weighted by atomic mass is 9.98. The highest BCUT2D eigenvalue weighted by atomic mass is 35.5. The third-order valence-corrected chi connectivity index (χ3v) is 3.66. The first-order valence-corrected chi connectivity index (χ1v) is 7.02. The van der Waals surface area contributed by atoms with Crippen molar-refractivity contribution in [2.45, 2.75) is 5.88 Å². The van der Waals surface area contributed by atoms with Crippen LogP contribution in [0, 0.1) is 0 Å². The van der Waals surface area contributed by atoms with Crippen LogP contribution >= 0.6 is 11.6 Å². The van der Waals surface area contributed by atoms with Gasteiger partial charge in [0.1, 0.15) is 0 Å². The van der Waals surface area contributed by atoms with Crippen molar-refractivity contribution in [3.63, 3.8) is 0 Å². The molecule has 0 fully saturated rings. The summed E-state index contributed by atoms with van der Waals surface area (Å²) >= 11 is 6.03. The number of para-hydroxylation sites is 1. The summed E-state index contributed by atoms with van der Waals surface area (Å²) in [4.78, 5) is 16.3. The number of alkyl halides is 1. The Morgan fingerprint density at radius 2 is 1.71 bits per heavy atom. The average molecular weight is 298 g/mol. The largest absolute Gasteiger partial charge is 0.478 e. The quantitative estimate of drug-likeness (QED) is 0.732. The van der Waals surface area contributed by atoms with Gasteiger partial charge in [0.2, 0.25) is 0 Å². The van der Waals surface area contributed by atoms with Crippen LogP contribution in [0.3, 0.4) is 0 Å². The van der Waals surface area contributed by atoms with Crippen LogP contribution in [0.5, 0.6) is 0 Å². The Labute approximate surface area is 126 Å². The second kappa shape index (κ2) is 5.54. The van der Waals surface area contributed by atoms with Crippen molar-refractivity contribution in [2.75, 3.05) is 0 Å². The summed E-state index contributed by atoms with van der Waals surface area (Å²) in [5, 5.41) is 10.2. The molecule has 0 amide bonds. The Hall–Kier alpha value is -2.39. The van der Waals surface area contributed by atoms with E-state index in [1.54, 1.807) is 12.1 Å². The standard InChI is InChI=1S/C17H12ClNO2/c18-10-13-15(17(20)21)12-8-4-5-9-14(12)19-16(13)11-6-2-1-3-7-11/h1-9H,10H2,(H,20,21). The van der Waals surface area contributed by atoms with Gasteiger partial charge in [-0.25, -0.2) is 9.78 Å². The van der Waals surface area contributed by atoms with E-state index in [2.05, 4.69) is 4.98 Å². The predicted molar refractivity (Wildman–Crippen MR) is 83.7 cm³/mol. The third-order valence-electron chi connectivity index (χ3n) is 3.39. The molecule has 4 heteroatoms. The molecular formula is C17H12ClNO2. The highest BCUT2D eigenvalue weighted by molar-refractivity contribution is 6.19. The molecule has 1 heterocycles. The molecule has 0 aliphatic carbocycles. The summed E-state index contributed by atoms with van der Waals surface area (Å²) in [5.74, 6) is -0.884. The number of hydrogen-bond acceptors (Lipinski definition) is 2. The number of aromatic carboxylic acids is 1. The number of halogens is 1. The molecule has 0 unspecified atom stereocenters. The molecule has 3 nitrogen and oxygen atoms in total. The zero-order chi connectivity index (χ0) is 14.8. The van der Waals surface area contributed by atoms with Crippen LogP contribution in [-0.2, 0) is 5.88 Å². The highest BCUT2D eigenvalue weighted by Gasteiger charge is 2.20. The van der Waals surface area contributed by atoms with Gasteiger partial charge in [0.15, 0.2) is 0 Å². The van der Waals surface area contributed by atoms with E-state index < -0.39 is 5.97 Å². The van der Waals surface area contributed by atoms with Crippen LogP contribution < -0.4 is 0 Å². The molecule has 2 aromatic carbocycles. The fraction of sp³-hybridized carbons (Fsp3) is 0.0588. The molecule has 21 heavy (non-hydrogen) atoms. The monoisotopic (exact) mass is 297 g/mol. The lowest BCUT2D eigenvalue weighted by molar-refractivity contribution is 0.0698. The molecule has 0 saturated carbocycles. The second-order valence-electron chi connectivity index (χ2n) is 4.64. The minimum atomic E-state index is -0.985. The van der Waals surface area contributed by atoms with E-state index in [0.717, 1.165) is 5.56 Å². The Balaban J connectivity index is 2.43. The number of pyridine rings is 1. The summed E-state index contributed by atoms with van der Waals surface area (Å²) in [6.45, 7) is 0. The number of carboxylic acids is 1. The van der Waals surface area contributed by atoms with Gasteiger partial charge in [-0.1, -0.05) is 48.5 Å². The van der Waals surface area contributed by atoms with Gasteiger partial charge in [-0.05, 0) is 6.07 Å². The number of fused-ring (bicyclic) bond motifs is 1. The summed E-state index contributed by atoms with van der Waals surface area (Å²) in [6.07, 6.45) is 0. The van der Waals surface area contributed by atoms with Gasteiger partial charge in [-0.2, -0.15) is 0 Å². The van der Waals surface area contributed by atoms with Gasteiger partial charge >= 0.3 is 5.97 Å².